The van der Waals surface area contributed by atoms with Crippen LogP contribution in [0.2, 0.25) is 0 Å². The number of carbonyl (C=O) groups excluding carboxylic acids is 4. The maximum Gasteiger partial charge on any atom is 0.343 e. The van der Waals surface area contributed by atoms with Crippen molar-refractivity contribution in [3.8, 4) is 11.5 Å². The van der Waals surface area contributed by atoms with Crippen molar-refractivity contribution in [2.24, 2.45) is 11.8 Å². The third-order valence-corrected chi connectivity index (χ3v) is 10.9. The van der Waals surface area contributed by atoms with E-state index < -0.39 is 29.8 Å². The van der Waals surface area contributed by atoms with Crippen molar-refractivity contribution in [2.45, 2.75) is 88.9 Å². The maximum atomic E-state index is 13.3. The van der Waals surface area contributed by atoms with Gasteiger partial charge in [-0.25, -0.2) is 24.0 Å². The van der Waals surface area contributed by atoms with Crippen LogP contribution in [0.3, 0.4) is 0 Å². The van der Waals surface area contributed by atoms with Crippen LogP contribution in [-0.2, 0) is 19.1 Å². The van der Waals surface area contributed by atoms with Crippen LogP contribution in [0.1, 0.15) is 131 Å². The minimum atomic E-state index is -1.22. The highest BCUT2D eigenvalue weighted by Gasteiger charge is 2.25. The van der Waals surface area contributed by atoms with Gasteiger partial charge in [0.25, 0.3) is 0 Å². The third-order valence-electron chi connectivity index (χ3n) is 10.9. The molecule has 0 heterocycles. The first kappa shape index (κ1) is 40.7. The second-order valence-corrected chi connectivity index (χ2v) is 14.5. The van der Waals surface area contributed by atoms with Gasteiger partial charge in [-0.1, -0.05) is 37.4 Å². The molecule has 3 aromatic carbocycles. The zero-order valence-corrected chi connectivity index (χ0v) is 31.3. The zero-order valence-electron chi connectivity index (χ0n) is 31.3. The lowest BCUT2D eigenvalue weighted by molar-refractivity contribution is -0.138. The van der Waals surface area contributed by atoms with E-state index in [1.165, 1.54) is 30.4 Å². The third kappa shape index (κ3) is 12.0. The fraction of sp³-hybridized carbons (Fsp3) is 0.400. The summed E-state index contributed by atoms with van der Waals surface area (Å²) >= 11 is 0. The van der Waals surface area contributed by atoms with E-state index in [-0.39, 0.29) is 22.6 Å². The van der Waals surface area contributed by atoms with Crippen molar-refractivity contribution in [2.75, 3.05) is 13.2 Å². The fourth-order valence-electron chi connectivity index (χ4n) is 7.68. The van der Waals surface area contributed by atoms with Crippen molar-refractivity contribution in [3.05, 3.63) is 120 Å². The summed E-state index contributed by atoms with van der Waals surface area (Å²) in [6.45, 7) is 7.64. The molecule has 0 bridgehead atoms. The molecular weight excluding hydrogens is 700 g/mol. The molecular formula is C45H50O10. The molecule has 10 heteroatoms. The smallest absolute Gasteiger partial charge is 0.343 e. The molecule has 0 aliphatic heterocycles. The van der Waals surface area contributed by atoms with Gasteiger partial charge < -0.3 is 24.1 Å². The summed E-state index contributed by atoms with van der Waals surface area (Å²) in [6, 6.07) is 18.3. The van der Waals surface area contributed by atoms with Crippen molar-refractivity contribution in [3.63, 3.8) is 0 Å². The Morgan fingerprint density at radius 2 is 0.964 bits per heavy atom. The Kier molecular flexibility index (Phi) is 15.0. The quantitative estimate of drug-likeness (QED) is 0.0614. The molecule has 2 saturated carbocycles. The molecule has 0 radical (unpaired) electrons. The van der Waals surface area contributed by atoms with Crippen molar-refractivity contribution in [1.29, 1.82) is 0 Å². The number of hydrogen-bond acceptors (Lipinski definition) is 9. The molecule has 1 N–H and O–H groups in total. The number of hydrogen-bond donors (Lipinski definition) is 1. The molecule has 290 valence electrons. The molecule has 2 fully saturated rings. The zero-order chi connectivity index (χ0) is 39.2. The molecule has 0 aromatic heterocycles. The van der Waals surface area contributed by atoms with E-state index in [1.54, 1.807) is 24.3 Å². The van der Waals surface area contributed by atoms with E-state index in [4.69, 9.17) is 18.9 Å². The second-order valence-electron chi connectivity index (χ2n) is 14.5. The van der Waals surface area contributed by atoms with Gasteiger partial charge >= 0.3 is 29.8 Å². The highest BCUT2D eigenvalue weighted by atomic mass is 16.6. The predicted octanol–water partition coefficient (Wildman–Crippen LogP) is 9.39. The van der Waals surface area contributed by atoms with Gasteiger partial charge in [0.1, 0.15) is 0 Å². The molecule has 2 aliphatic rings. The average molecular weight is 751 g/mol. The van der Waals surface area contributed by atoms with E-state index in [0.29, 0.717) is 42.4 Å². The first-order valence-electron chi connectivity index (χ1n) is 19.2. The van der Waals surface area contributed by atoms with Crippen LogP contribution in [0, 0.1) is 11.8 Å². The number of carboxylic acid groups (broad SMARTS) is 1. The van der Waals surface area contributed by atoms with Gasteiger partial charge in [-0.15, -0.1) is 0 Å². The van der Waals surface area contributed by atoms with Gasteiger partial charge in [-0.3, -0.25) is 0 Å². The summed E-state index contributed by atoms with van der Waals surface area (Å²) in [5.41, 5.74) is 2.75. The normalized spacial score (nSPS) is 19.3. The SMILES string of the molecule is C=CC(=O)OCCCC1CCC(c2ccc(C(=O)Oc3ccc(C(=O)O)cc3OC(=O)c3ccc(C4CCC(CCCOC(=O)C=C)CC4)cc3)cc2)CC1. The average Bonchev–Trinajstić information content (AvgIpc) is 3.22. The number of carbonyl (C=O) groups is 5. The van der Waals surface area contributed by atoms with Gasteiger partial charge in [0.15, 0.2) is 11.5 Å². The van der Waals surface area contributed by atoms with Crippen molar-refractivity contribution < 1.29 is 48.0 Å². The van der Waals surface area contributed by atoms with E-state index in [0.717, 1.165) is 88.2 Å². The lowest BCUT2D eigenvalue weighted by Gasteiger charge is -2.29. The molecule has 0 atom stereocenters. The van der Waals surface area contributed by atoms with Crippen LogP contribution < -0.4 is 9.47 Å². The summed E-state index contributed by atoms with van der Waals surface area (Å²) < 4.78 is 21.5. The van der Waals surface area contributed by atoms with Gasteiger partial charge in [0, 0.05) is 12.2 Å². The Labute approximate surface area is 322 Å². The first-order chi connectivity index (χ1) is 26.6. The number of benzene rings is 3. The molecule has 0 amide bonds. The van der Waals surface area contributed by atoms with E-state index in [9.17, 15) is 29.1 Å². The summed E-state index contributed by atoms with van der Waals surface area (Å²) in [5, 5.41) is 9.60. The van der Waals surface area contributed by atoms with Crippen LogP contribution in [-0.4, -0.2) is 48.2 Å². The molecule has 2 aliphatic carbocycles. The fourth-order valence-corrected chi connectivity index (χ4v) is 7.68. The van der Waals surface area contributed by atoms with Crippen molar-refractivity contribution in [1.82, 2.24) is 0 Å². The Hall–Kier alpha value is -5.51. The number of rotatable bonds is 17. The van der Waals surface area contributed by atoms with Gasteiger partial charge in [-0.05, 0) is 154 Å². The Morgan fingerprint density at radius 3 is 1.36 bits per heavy atom. The predicted molar refractivity (Wildman–Crippen MR) is 206 cm³/mol. The van der Waals surface area contributed by atoms with E-state index in [2.05, 4.69) is 13.2 Å². The van der Waals surface area contributed by atoms with E-state index >= 15 is 0 Å². The molecule has 3 aromatic rings. The van der Waals surface area contributed by atoms with E-state index in [1.807, 2.05) is 24.3 Å². The molecule has 0 unspecified atom stereocenters. The molecule has 5 rings (SSSR count). The Morgan fingerprint density at radius 1 is 0.564 bits per heavy atom. The van der Waals surface area contributed by atoms with Crippen LogP contribution in [0.5, 0.6) is 11.5 Å². The van der Waals surface area contributed by atoms with Crippen LogP contribution in [0.25, 0.3) is 0 Å². The first-order valence-corrected chi connectivity index (χ1v) is 19.2. The Bertz CT molecular complexity index is 1810. The lowest BCUT2D eigenvalue weighted by Crippen LogP contribution is -2.15. The van der Waals surface area contributed by atoms with Gasteiger partial charge in [0.05, 0.1) is 29.9 Å². The van der Waals surface area contributed by atoms with Gasteiger partial charge in [0.2, 0.25) is 0 Å². The summed E-state index contributed by atoms with van der Waals surface area (Å²) in [7, 11) is 0. The van der Waals surface area contributed by atoms with Crippen LogP contribution in [0.15, 0.2) is 92.0 Å². The minimum Gasteiger partial charge on any atom is -0.478 e. The maximum absolute atomic E-state index is 13.3. The summed E-state index contributed by atoms with van der Waals surface area (Å²) in [5.74, 6) is -1.67. The second kappa shape index (κ2) is 20.2. The monoisotopic (exact) mass is 750 g/mol. The van der Waals surface area contributed by atoms with Crippen molar-refractivity contribution >= 4 is 29.8 Å². The lowest BCUT2D eigenvalue weighted by atomic mass is 9.77. The highest BCUT2D eigenvalue weighted by Crippen LogP contribution is 2.39. The Balaban J connectivity index is 1.13. The van der Waals surface area contributed by atoms with Gasteiger partial charge in [-0.2, -0.15) is 0 Å². The number of carboxylic acids is 1. The number of esters is 4. The highest BCUT2D eigenvalue weighted by molar-refractivity contribution is 5.94. The molecule has 55 heavy (non-hydrogen) atoms. The topological polar surface area (TPSA) is 143 Å². The van der Waals surface area contributed by atoms with Crippen LogP contribution >= 0.6 is 0 Å². The molecule has 0 saturated heterocycles. The summed E-state index contributed by atoms with van der Waals surface area (Å²) in [4.78, 5) is 60.7. The number of ether oxygens (including phenoxy) is 4. The standard InChI is InChI=1S/C45H50O10/c1-3-41(46)52-27-5-7-30-9-13-32(14-10-30)34-17-21-36(22-18-34)44(50)54-39-26-25-38(43(48)49)29-40(39)55-45(51)37-23-19-35(20-24-37)33-15-11-31(12-16-33)8-6-28-53-42(47)4-2/h3-4,17-26,29-33H,1-2,5-16,27-28H2,(H,48,49). The summed E-state index contributed by atoms with van der Waals surface area (Å²) in [6.07, 6.45) is 14.5. The molecule has 10 nitrogen and oxygen atoms in total. The largest absolute Gasteiger partial charge is 0.478 e. The van der Waals surface area contributed by atoms with Crippen LogP contribution in [0.4, 0.5) is 0 Å². The number of aromatic carboxylic acids is 1. The minimum absolute atomic E-state index is 0.0720. The molecule has 0 spiro atoms.